The number of aliphatic carboxylic acids is 1. The van der Waals surface area contributed by atoms with Gasteiger partial charge in [-0.1, -0.05) is 6.92 Å². The van der Waals surface area contributed by atoms with Crippen LogP contribution < -0.4 is 5.32 Å². The van der Waals surface area contributed by atoms with Crippen LogP contribution in [0.15, 0.2) is 0 Å². The lowest BCUT2D eigenvalue weighted by atomic mass is 9.84. The van der Waals surface area contributed by atoms with Gasteiger partial charge in [0.2, 0.25) is 5.91 Å². The monoisotopic (exact) mass is 240 g/mol. The van der Waals surface area contributed by atoms with Crippen LogP contribution in [-0.4, -0.2) is 47.6 Å². The molecule has 1 saturated carbocycles. The summed E-state index contributed by atoms with van der Waals surface area (Å²) in [6, 6.07) is 0.375. The minimum Gasteiger partial charge on any atom is -0.481 e. The third-order valence-electron chi connectivity index (χ3n) is 3.87. The van der Waals surface area contributed by atoms with E-state index in [-0.39, 0.29) is 5.91 Å². The normalized spacial score (nSPS) is 29.2. The predicted octanol–water partition coefficient (Wildman–Crippen LogP) is 0.452. The highest BCUT2D eigenvalue weighted by Crippen LogP contribution is 2.33. The number of carbonyl (C=O) groups is 2. The maximum absolute atomic E-state index is 11.6. The molecule has 2 fully saturated rings. The number of amides is 1. The second kappa shape index (κ2) is 4.64. The summed E-state index contributed by atoms with van der Waals surface area (Å²) in [5, 5.41) is 12.2. The summed E-state index contributed by atoms with van der Waals surface area (Å²) in [6.45, 7) is 3.45. The summed E-state index contributed by atoms with van der Waals surface area (Å²) in [5.41, 5.74) is -0.639. The number of carbonyl (C=O) groups excluding carboxylic acids is 1. The number of hydrogen-bond donors (Lipinski definition) is 2. The first kappa shape index (κ1) is 12.4. The molecule has 1 aliphatic heterocycles. The van der Waals surface area contributed by atoms with Crippen LogP contribution in [-0.2, 0) is 9.59 Å². The molecule has 96 valence electrons. The number of hydrogen-bond acceptors (Lipinski definition) is 3. The molecule has 1 amide bonds. The van der Waals surface area contributed by atoms with Crippen LogP contribution in [0, 0.1) is 5.41 Å². The van der Waals surface area contributed by atoms with Crippen molar-refractivity contribution in [3.63, 3.8) is 0 Å². The second-order valence-electron chi connectivity index (χ2n) is 5.24. The summed E-state index contributed by atoms with van der Waals surface area (Å²) in [6.07, 6.45) is 3.44. The van der Waals surface area contributed by atoms with Gasteiger partial charge in [0.1, 0.15) is 0 Å². The van der Waals surface area contributed by atoms with E-state index >= 15 is 0 Å². The van der Waals surface area contributed by atoms with Crippen LogP contribution in [0.4, 0.5) is 0 Å². The van der Waals surface area contributed by atoms with Gasteiger partial charge in [-0.15, -0.1) is 0 Å². The number of nitrogens with zero attached hydrogens (tertiary/aromatic N) is 1. The number of carboxylic acid groups (broad SMARTS) is 1. The van der Waals surface area contributed by atoms with Gasteiger partial charge in [-0.2, -0.15) is 0 Å². The van der Waals surface area contributed by atoms with Crippen molar-refractivity contribution >= 4 is 11.9 Å². The highest BCUT2D eigenvalue weighted by molar-refractivity contribution is 5.79. The molecule has 1 saturated heterocycles. The number of likely N-dealkylation sites (tertiary alicyclic amines) is 1. The molecule has 2 N–H and O–H groups in total. The fourth-order valence-electron chi connectivity index (χ4n) is 2.41. The van der Waals surface area contributed by atoms with E-state index in [1.165, 1.54) is 0 Å². The van der Waals surface area contributed by atoms with Gasteiger partial charge in [-0.05, 0) is 32.2 Å². The van der Waals surface area contributed by atoms with Gasteiger partial charge in [-0.3, -0.25) is 14.5 Å². The third kappa shape index (κ3) is 2.77. The van der Waals surface area contributed by atoms with Crippen molar-refractivity contribution < 1.29 is 14.7 Å². The standard InChI is InChI=1S/C12H20N2O3/c1-2-12(11(16)17)5-6-14(8-12)7-10(15)13-9-3-4-9/h9H,2-8H2,1H3,(H,13,15)(H,16,17). The molecule has 1 aliphatic carbocycles. The van der Waals surface area contributed by atoms with Crippen molar-refractivity contribution in [3.05, 3.63) is 0 Å². The zero-order chi connectivity index (χ0) is 12.5. The van der Waals surface area contributed by atoms with Crippen LogP contribution >= 0.6 is 0 Å². The van der Waals surface area contributed by atoms with Gasteiger partial charge in [-0.25, -0.2) is 0 Å². The Morgan fingerprint density at radius 2 is 2.18 bits per heavy atom. The van der Waals surface area contributed by atoms with Gasteiger partial charge in [0, 0.05) is 12.6 Å². The molecule has 2 rings (SSSR count). The SMILES string of the molecule is CCC1(C(=O)O)CCN(CC(=O)NC2CC2)C1. The van der Waals surface area contributed by atoms with Crippen LogP contribution in [0.2, 0.25) is 0 Å². The minimum absolute atomic E-state index is 0.0322. The molecular formula is C12H20N2O3. The van der Waals surface area contributed by atoms with E-state index in [0.717, 1.165) is 12.8 Å². The zero-order valence-corrected chi connectivity index (χ0v) is 10.2. The average Bonchev–Trinajstić information content (AvgIpc) is 2.96. The van der Waals surface area contributed by atoms with Crippen LogP contribution in [0.25, 0.3) is 0 Å². The molecule has 0 aromatic carbocycles. The smallest absolute Gasteiger partial charge is 0.310 e. The van der Waals surface area contributed by atoms with Gasteiger partial charge < -0.3 is 10.4 Å². The first-order valence-corrected chi connectivity index (χ1v) is 6.31. The molecule has 0 aromatic heterocycles. The van der Waals surface area contributed by atoms with Crippen molar-refractivity contribution in [2.45, 2.75) is 38.6 Å². The Bertz CT molecular complexity index is 328. The Labute approximate surface area is 101 Å². The molecule has 0 radical (unpaired) electrons. The Balaban J connectivity index is 1.83. The quantitative estimate of drug-likeness (QED) is 0.732. The fraction of sp³-hybridized carbons (Fsp3) is 0.833. The molecule has 17 heavy (non-hydrogen) atoms. The van der Waals surface area contributed by atoms with Crippen molar-refractivity contribution in [3.8, 4) is 0 Å². The molecular weight excluding hydrogens is 220 g/mol. The Hall–Kier alpha value is -1.10. The first-order valence-electron chi connectivity index (χ1n) is 6.31. The van der Waals surface area contributed by atoms with Gasteiger partial charge >= 0.3 is 5.97 Å². The molecule has 5 heteroatoms. The number of rotatable bonds is 5. The van der Waals surface area contributed by atoms with Crippen LogP contribution in [0.1, 0.15) is 32.6 Å². The lowest BCUT2D eigenvalue weighted by Gasteiger charge is -2.22. The lowest BCUT2D eigenvalue weighted by molar-refractivity contribution is -0.148. The van der Waals surface area contributed by atoms with E-state index in [1.54, 1.807) is 0 Å². The minimum atomic E-state index is -0.731. The second-order valence-corrected chi connectivity index (χ2v) is 5.24. The van der Waals surface area contributed by atoms with E-state index in [0.29, 0.717) is 38.5 Å². The van der Waals surface area contributed by atoms with E-state index in [2.05, 4.69) is 5.32 Å². The third-order valence-corrected chi connectivity index (χ3v) is 3.87. The summed E-state index contributed by atoms with van der Waals surface area (Å²) in [5.74, 6) is -0.699. The Morgan fingerprint density at radius 1 is 1.47 bits per heavy atom. The molecule has 2 aliphatic rings. The molecule has 0 aromatic rings. The average molecular weight is 240 g/mol. The summed E-state index contributed by atoms with van der Waals surface area (Å²) < 4.78 is 0. The fourth-order valence-corrected chi connectivity index (χ4v) is 2.41. The molecule has 5 nitrogen and oxygen atoms in total. The van der Waals surface area contributed by atoms with Crippen LogP contribution in [0.5, 0.6) is 0 Å². The number of nitrogens with one attached hydrogen (secondary N) is 1. The van der Waals surface area contributed by atoms with Gasteiger partial charge in [0.05, 0.1) is 12.0 Å². The van der Waals surface area contributed by atoms with E-state index in [1.807, 2.05) is 11.8 Å². The van der Waals surface area contributed by atoms with E-state index in [9.17, 15) is 14.7 Å². The highest BCUT2D eigenvalue weighted by atomic mass is 16.4. The maximum Gasteiger partial charge on any atom is 0.310 e. The zero-order valence-electron chi connectivity index (χ0n) is 10.2. The lowest BCUT2D eigenvalue weighted by Crippen LogP contribution is -2.39. The van der Waals surface area contributed by atoms with Crippen molar-refractivity contribution in [2.75, 3.05) is 19.6 Å². The molecule has 0 bridgehead atoms. The Kier molecular flexibility index (Phi) is 3.38. The topological polar surface area (TPSA) is 69.6 Å². The summed E-state index contributed by atoms with van der Waals surface area (Å²) in [7, 11) is 0. The van der Waals surface area contributed by atoms with E-state index < -0.39 is 11.4 Å². The van der Waals surface area contributed by atoms with Crippen molar-refractivity contribution in [1.29, 1.82) is 0 Å². The van der Waals surface area contributed by atoms with Crippen molar-refractivity contribution in [1.82, 2.24) is 10.2 Å². The first-order chi connectivity index (χ1) is 8.05. The van der Waals surface area contributed by atoms with E-state index in [4.69, 9.17) is 0 Å². The predicted molar refractivity (Wildman–Crippen MR) is 62.6 cm³/mol. The van der Waals surface area contributed by atoms with Crippen molar-refractivity contribution in [2.24, 2.45) is 5.41 Å². The van der Waals surface area contributed by atoms with Gasteiger partial charge in [0.15, 0.2) is 0 Å². The molecule has 1 unspecified atom stereocenters. The molecule has 0 spiro atoms. The summed E-state index contributed by atoms with van der Waals surface area (Å²) >= 11 is 0. The number of carboxylic acids is 1. The molecule has 1 atom stereocenters. The largest absolute Gasteiger partial charge is 0.481 e. The highest BCUT2D eigenvalue weighted by Gasteiger charge is 2.43. The summed E-state index contributed by atoms with van der Waals surface area (Å²) in [4.78, 5) is 24.8. The molecule has 1 heterocycles. The van der Waals surface area contributed by atoms with Gasteiger partial charge in [0.25, 0.3) is 0 Å². The maximum atomic E-state index is 11.6. The Morgan fingerprint density at radius 3 is 2.65 bits per heavy atom. The van der Waals surface area contributed by atoms with Crippen LogP contribution in [0.3, 0.4) is 0 Å².